The highest BCUT2D eigenvalue weighted by atomic mass is 35.5. The number of fused-ring (bicyclic) bond motifs is 1. The average Bonchev–Trinajstić information content (AvgIpc) is 2.49. The molecule has 1 aromatic heterocycles. The normalized spacial score (nSPS) is 17.9. The predicted octanol–water partition coefficient (Wildman–Crippen LogP) is 1.39. The fourth-order valence-electron chi connectivity index (χ4n) is 1.68. The minimum Gasteiger partial charge on any atom is -0.444 e. The van der Waals surface area contributed by atoms with Crippen molar-refractivity contribution in [3.8, 4) is 0 Å². The first-order valence-electron chi connectivity index (χ1n) is 6.31. The maximum atomic E-state index is 12.1. The molecule has 0 fully saturated rings. The van der Waals surface area contributed by atoms with Crippen molar-refractivity contribution in [2.24, 2.45) is 0 Å². The summed E-state index contributed by atoms with van der Waals surface area (Å²) >= 11 is 5.90. The Kier molecular flexibility index (Phi) is 4.17. The molecule has 0 aliphatic carbocycles. The van der Waals surface area contributed by atoms with Crippen molar-refractivity contribution in [2.45, 2.75) is 32.4 Å². The van der Waals surface area contributed by atoms with Crippen molar-refractivity contribution in [1.82, 2.24) is 15.3 Å². The lowest BCUT2D eigenvalue weighted by Gasteiger charge is -2.22. The van der Waals surface area contributed by atoms with Gasteiger partial charge in [-0.2, -0.15) is 0 Å². The van der Waals surface area contributed by atoms with Gasteiger partial charge >= 0.3 is 6.09 Å². The maximum absolute atomic E-state index is 12.1. The fraction of sp³-hybridized carbons (Fsp3) is 0.500. The van der Waals surface area contributed by atoms with Gasteiger partial charge in [0.05, 0.1) is 0 Å². The van der Waals surface area contributed by atoms with Gasteiger partial charge in [0.15, 0.2) is 11.0 Å². The first-order valence-corrected chi connectivity index (χ1v) is 6.69. The van der Waals surface area contributed by atoms with Gasteiger partial charge in [0, 0.05) is 6.54 Å². The number of halogens is 1. The third kappa shape index (κ3) is 3.94. The van der Waals surface area contributed by atoms with Crippen LogP contribution in [0.3, 0.4) is 0 Å². The minimum absolute atomic E-state index is 0.124. The average molecular weight is 314 g/mol. The van der Waals surface area contributed by atoms with E-state index in [1.165, 1.54) is 6.33 Å². The number of nitrogens with zero attached hydrogens (tertiary/aromatic N) is 2. The van der Waals surface area contributed by atoms with Crippen LogP contribution in [0.2, 0.25) is 5.15 Å². The number of anilines is 2. The van der Waals surface area contributed by atoms with E-state index in [1.54, 1.807) is 20.8 Å². The van der Waals surface area contributed by atoms with E-state index in [0.717, 1.165) is 0 Å². The van der Waals surface area contributed by atoms with Gasteiger partial charge in [0.2, 0.25) is 5.91 Å². The number of rotatable bonds is 1. The molecule has 3 N–H and O–H groups in total. The molecule has 0 spiro atoms. The third-order valence-electron chi connectivity index (χ3n) is 2.53. The summed E-state index contributed by atoms with van der Waals surface area (Å²) in [5, 5.41) is 8.12. The first kappa shape index (κ1) is 15.3. The van der Waals surface area contributed by atoms with Crippen LogP contribution in [0.1, 0.15) is 20.8 Å². The largest absolute Gasteiger partial charge is 0.444 e. The zero-order chi connectivity index (χ0) is 15.6. The minimum atomic E-state index is -0.815. The summed E-state index contributed by atoms with van der Waals surface area (Å²) in [6, 6.07) is -0.815. The zero-order valence-corrected chi connectivity index (χ0v) is 12.6. The van der Waals surface area contributed by atoms with Crippen LogP contribution in [0.15, 0.2) is 6.33 Å². The lowest BCUT2D eigenvalue weighted by Crippen LogP contribution is -2.48. The van der Waals surface area contributed by atoms with Crippen molar-refractivity contribution in [1.29, 1.82) is 0 Å². The van der Waals surface area contributed by atoms with E-state index in [-0.39, 0.29) is 17.4 Å². The van der Waals surface area contributed by atoms with Gasteiger partial charge in [-0.15, -0.1) is 0 Å². The Morgan fingerprint density at radius 3 is 2.86 bits per heavy atom. The SMILES string of the molecule is CC(C)(C)OC(=O)NC1CNc2ncnc(Cl)c2NC1=O. The molecule has 2 rings (SSSR count). The van der Waals surface area contributed by atoms with Crippen molar-refractivity contribution >= 4 is 35.1 Å². The quantitative estimate of drug-likeness (QED) is 0.677. The van der Waals surface area contributed by atoms with Gasteiger partial charge in [0.1, 0.15) is 23.7 Å². The number of ether oxygens (including phenoxy) is 1. The number of aromatic nitrogens is 2. The smallest absolute Gasteiger partial charge is 0.408 e. The number of hydrogen-bond acceptors (Lipinski definition) is 6. The summed E-state index contributed by atoms with van der Waals surface area (Å²) in [6.45, 7) is 5.38. The highest BCUT2D eigenvalue weighted by Gasteiger charge is 2.28. The van der Waals surface area contributed by atoms with E-state index in [0.29, 0.717) is 5.82 Å². The monoisotopic (exact) mass is 313 g/mol. The number of hydrogen-bond donors (Lipinski definition) is 3. The summed E-state index contributed by atoms with van der Waals surface area (Å²) in [5.74, 6) is -0.0272. The third-order valence-corrected chi connectivity index (χ3v) is 2.82. The van der Waals surface area contributed by atoms with Crippen LogP contribution in [0, 0.1) is 0 Å². The van der Waals surface area contributed by atoms with Crippen LogP contribution in [-0.4, -0.2) is 40.2 Å². The van der Waals surface area contributed by atoms with E-state index in [2.05, 4.69) is 25.9 Å². The molecule has 2 heterocycles. The van der Waals surface area contributed by atoms with Gasteiger partial charge in [-0.05, 0) is 20.8 Å². The molecule has 1 unspecified atom stereocenters. The molecule has 1 aliphatic rings. The first-order chi connectivity index (χ1) is 9.76. The van der Waals surface area contributed by atoms with Crippen LogP contribution in [0.25, 0.3) is 0 Å². The molecule has 8 nitrogen and oxygen atoms in total. The Morgan fingerprint density at radius 2 is 2.19 bits per heavy atom. The molecule has 21 heavy (non-hydrogen) atoms. The lowest BCUT2D eigenvalue weighted by atomic mass is 10.2. The Bertz CT molecular complexity index is 573. The summed E-state index contributed by atoms with van der Waals surface area (Å²) in [5.41, 5.74) is -0.353. The molecule has 114 valence electrons. The molecular formula is C12H16ClN5O3. The van der Waals surface area contributed by atoms with Crippen molar-refractivity contribution in [3.05, 3.63) is 11.5 Å². The van der Waals surface area contributed by atoms with E-state index in [1.807, 2.05) is 0 Å². The summed E-state index contributed by atoms with van der Waals surface area (Å²) in [4.78, 5) is 31.6. The molecule has 0 saturated heterocycles. The zero-order valence-electron chi connectivity index (χ0n) is 11.9. The van der Waals surface area contributed by atoms with E-state index in [9.17, 15) is 9.59 Å². The Balaban J connectivity index is 2.07. The Labute approximate surface area is 126 Å². The molecule has 0 saturated carbocycles. The molecular weight excluding hydrogens is 298 g/mol. The Hall–Kier alpha value is -2.09. The molecule has 1 aromatic rings. The van der Waals surface area contributed by atoms with Crippen LogP contribution in [0.5, 0.6) is 0 Å². The molecule has 9 heteroatoms. The molecule has 1 aliphatic heterocycles. The second kappa shape index (κ2) is 5.72. The Morgan fingerprint density at radius 1 is 1.48 bits per heavy atom. The highest BCUT2D eigenvalue weighted by molar-refractivity contribution is 6.33. The number of carbonyl (C=O) groups is 2. The van der Waals surface area contributed by atoms with Gasteiger partial charge < -0.3 is 20.7 Å². The van der Waals surface area contributed by atoms with Crippen LogP contribution >= 0.6 is 11.6 Å². The highest BCUT2D eigenvalue weighted by Crippen LogP contribution is 2.27. The number of nitrogens with one attached hydrogen (secondary N) is 3. The summed E-state index contributed by atoms with van der Waals surface area (Å²) in [7, 11) is 0. The standard InChI is InChI=1S/C12H16ClN5O3/c1-12(2,3)21-11(20)17-6-4-14-9-7(18-10(6)19)8(13)15-5-16-9/h5-6H,4H2,1-3H3,(H,17,20)(H,18,19)(H,14,15,16). The molecule has 2 amide bonds. The molecule has 0 radical (unpaired) electrons. The van der Waals surface area contributed by atoms with E-state index in [4.69, 9.17) is 16.3 Å². The second-order valence-corrected chi connectivity index (χ2v) is 5.82. The van der Waals surface area contributed by atoms with Gasteiger partial charge in [-0.25, -0.2) is 14.8 Å². The topological polar surface area (TPSA) is 105 Å². The second-order valence-electron chi connectivity index (χ2n) is 5.46. The maximum Gasteiger partial charge on any atom is 0.408 e. The number of carbonyl (C=O) groups excluding carboxylic acids is 2. The summed E-state index contributed by atoms with van der Waals surface area (Å²) in [6.07, 6.45) is 0.606. The van der Waals surface area contributed by atoms with Crippen LogP contribution in [-0.2, 0) is 9.53 Å². The lowest BCUT2D eigenvalue weighted by molar-refractivity contribution is -0.117. The fourth-order valence-corrected chi connectivity index (χ4v) is 1.86. The van der Waals surface area contributed by atoms with Crippen LogP contribution < -0.4 is 16.0 Å². The number of amides is 2. The molecule has 0 aromatic carbocycles. The van der Waals surface area contributed by atoms with Crippen molar-refractivity contribution in [2.75, 3.05) is 17.2 Å². The van der Waals surface area contributed by atoms with Crippen molar-refractivity contribution < 1.29 is 14.3 Å². The number of alkyl carbamates (subject to hydrolysis) is 1. The molecule has 0 bridgehead atoms. The van der Waals surface area contributed by atoms with Gasteiger partial charge in [0.25, 0.3) is 0 Å². The molecule has 1 atom stereocenters. The van der Waals surface area contributed by atoms with Gasteiger partial charge in [-0.1, -0.05) is 11.6 Å². The van der Waals surface area contributed by atoms with Crippen LogP contribution in [0.4, 0.5) is 16.3 Å². The van der Waals surface area contributed by atoms with E-state index < -0.39 is 23.6 Å². The summed E-state index contributed by atoms with van der Waals surface area (Å²) < 4.78 is 5.12. The predicted molar refractivity (Wildman–Crippen MR) is 77.3 cm³/mol. The van der Waals surface area contributed by atoms with E-state index >= 15 is 0 Å². The van der Waals surface area contributed by atoms with Crippen molar-refractivity contribution in [3.63, 3.8) is 0 Å². The van der Waals surface area contributed by atoms with Gasteiger partial charge in [-0.3, -0.25) is 4.79 Å².